The zero-order valence-electron chi connectivity index (χ0n) is 10.2. The number of methoxy groups -OCH3 is 1. The van der Waals surface area contributed by atoms with Crippen molar-refractivity contribution in [3.63, 3.8) is 0 Å². The number of ether oxygens (including phenoxy) is 1. The Bertz CT molecular complexity index is 344. The molecule has 0 amide bonds. The van der Waals surface area contributed by atoms with Gasteiger partial charge in [0.05, 0.1) is 6.61 Å². The van der Waals surface area contributed by atoms with Crippen LogP contribution in [-0.4, -0.2) is 37.3 Å². The maximum Gasteiger partial charge on any atom is 0.138 e. The van der Waals surface area contributed by atoms with Crippen molar-refractivity contribution in [3.8, 4) is 0 Å². The molecule has 90 valence electrons. The van der Waals surface area contributed by atoms with Crippen LogP contribution in [0.1, 0.15) is 25.3 Å². The van der Waals surface area contributed by atoms with E-state index in [4.69, 9.17) is 16.3 Å². The van der Waals surface area contributed by atoms with Crippen molar-refractivity contribution in [2.45, 2.75) is 19.8 Å². The molecule has 4 nitrogen and oxygen atoms in total. The van der Waals surface area contributed by atoms with Crippen molar-refractivity contribution in [1.29, 1.82) is 0 Å². The van der Waals surface area contributed by atoms with Crippen LogP contribution in [0.4, 0.5) is 5.82 Å². The first kappa shape index (κ1) is 13.2. The van der Waals surface area contributed by atoms with E-state index in [-0.39, 0.29) is 0 Å². The molecule has 0 N–H and O–H groups in total. The second kappa shape index (κ2) is 6.01. The van der Waals surface area contributed by atoms with Crippen molar-refractivity contribution in [2.75, 3.05) is 32.2 Å². The lowest BCUT2D eigenvalue weighted by Gasteiger charge is -2.22. The first-order valence-corrected chi connectivity index (χ1v) is 5.66. The van der Waals surface area contributed by atoms with Gasteiger partial charge in [0.2, 0.25) is 0 Å². The molecule has 0 aliphatic carbocycles. The lowest BCUT2D eigenvalue weighted by atomic mass is 10.1. The maximum atomic E-state index is 6.09. The molecular weight excluding hydrogens is 226 g/mol. The van der Waals surface area contributed by atoms with E-state index >= 15 is 0 Å². The molecule has 0 aliphatic heterocycles. The fourth-order valence-electron chi connectivity index (χ4n) is 1.50. The van der Waals surface area contributed by atoms with E-state index in [2.05, 4.69) is 23.8 Å². The number of halogens is 1. The number of rotatable bonds is 5. The van der Waals surface area contributed by atoms with Gasteiger partial charge in [-0.05, 0) is 5.92 Å². The minimum atomic E-state index is 0.300. The minimum absolute atomic E-state index is 0.300. The zero-order valence-corrected chi connectivity index (χ0v) is 11.0. The van der Waals surface area contributed by atoms with Crippen molar-refractivity contribution in [1.82, 2.24) is 9.97 Å². The highest BCUT2D eigenvalue weighted by molar-refractivity contribution is 6.30. The van der Waals surface area contributed by atoms with Gasteiger partial charge in [-0.1, -0.05) is 25.4 Å². The Morgan fingerprint density at radius 3 is 2.69 bits per heavy atom. The molecule has 0 radical (unpaired) electrons. The molecule has 5 heteroatoms. The van der Waals surface area contributed by atoms with E-state index in [0.717, 1.165) is 17.9 Å². The van der Waals surface area contributed by atoms with Crippen LogP contribution in [0.25, 0.3) is 0 Å². The molecule has 0 fully saturated rings. The van der Waals surface area contributed by atoms with E-state index in [1.165, 1.54) is 6.33 Å². The van der Waals surface area contributed by atoms with Crippen LogP contribution in [0.3, 0.4) is 0 Å². The third-order valence-electron chi connectivity index (χ3n) is 2.38. The van der Waals surface area contributed by atoms with Crippen LogP contribution in [-0.2, 0) is 4.74 Å². The Kier molecular flexibility index (Phi) is 4.96. The van der Waals surface area contributed by atoms with Gasteiger partial charge >= 0.3 is 0 Å². The molecule has 0 bridgehead atoms. The molecule has 0 atom stereocenters. The van der Waals surface area contributed by atoms with Gasteiger partial charge in [-0.3, -0.25) is 0 Å². The highest BCUT2D eigenvalue weighted by atomic mass is 35.5. The van der Waals surface area contributed by atoms with Crippen LogP contribution >= 0.6 is 11.6 Å². The monoisotopic (exact) mass is 243 g/mol. The van der Waals surface area contributed by atoms with Gasteiger partial charge in [0, 0.05) is 26.3 Å². The molecule has 1 heterocycles. The Labute approximate surface area is 102 Å². The summed E-state index contributed by atoms with van der Waals surface area (Å²) in [5.74, 6) is 1.18. The number of nitrogens with zero attached hydrogens (tertiary/aromatic N) is 3. The molecule has 0 spiro atoms. The van der Waals surface area contributed by atoms with E-state index in [1.807, 2.05) is 11.9 Å². The molecule has 1 aromatic rings. The predicted octanol–water partition coefficient (Wildman–Crippen LogP) is 2.34. The van der Waals surface area contributed by atoms with Gasteiger partial charge in [-0.2, -0.15) is 0 Å². The number of hydrogen-bond acceptors (Lipinski definition) is 4. The van der Waals surface area contributed by atoms with Crippen LogP contribution < -0.4 is 4.90 Å². The topological polar surface area (TPSA) is 38.2 Å². The molecule has 0 aromatic carbocycles. The summed E-state index contributed by atoms with van der Waals surface area (Å²) >= 11 is 6.09. The van der Waals surface area contributed by atoms with Crippen molar-refractivity contribution >= 4 is 17.4 Å². The Balaban J connectivity index is 2.98. The zero-order chi connectivity index (χ0) is 12.1. The van der Waals surface area contributed by atoms with Crippen molar-refractivity contribution in [2.24, 2.45) is 0 Å². The summed E-state index contributed by atoms with van der Waals surface area (Å²) in [6, 6.07) is 0. The molecule has 0 saturated heterocycles. The second-order valence-corrected chi connectivity index (χ2v) is 4.33. The molecule has 0 unspecified atom stereocenters. The van der Waals surface area contributed by atoms with Gasteiger partial charge in [0.25, 0.3) is 0 Å². The van der Waals surface area contributed by atoms with Crippen molar-refractivity contribution < 1.29 is 4.74 Å². The van der Waals surface area contributed by atoms with E-state index in [1.54, 1.807) is 7.11 Å². The quantitative estimate of drug-likeness (QED) is 0.744. The smallest absolute Gasteiger partial charge is 0.138 e. The summed E-state index contributed by atoms with van der Waals surface area (Å²) < 4.78 is 5.05. The fraction of sp³-hybridized carbons (Fsp3) is 0.636. The first-order chi connectivity index (χ1) is 7.57. The van der Waals surface area contributed by atoms with Gasteiger partial charge in [0.15, 0.2) is 0 Å². The lowest BCUT2D eigenvalue weighted by Crippen LogP contribution is -2.24. The van der Waals surface area contributed by atoms with Gasteiger partial charge in [-0.15, -0.1) is 0 Å². The predicted molar refractivity (Wildman–Crippen MR) is 66.3 cm³/mol. The summed E-state index contributed by atoms with van der Waals surface area (Å²) in [5, 5.41) is 0.532. The Morgan fingerprint density at radius 1 is 1.44 bits per heavy atom. The molecule has 0 saturated carbocycles. The minimum Gasteiger partial charge on any atom is -0.383 e. The lowest BCUT2D eigenvalue weighted by molar-refractivity contribution is 0.206. The highest BCUT2D eigenvalue weighted by Crippen LogP contribution is 2.29. The normalized spacial score (nSPS) is 10.9. The average Bonchev–Trinajstić information content (AvgIpc) is 2.24. The summed E-state index contributed by atoms with van der Waals surface area (Å²) in [6.07, 6.45) is 1.49. The third-order valence-corrected chi connectivity index (χ3v) is 2.69. The summed E-state index contributed by atoms with van der Waals surface area (Å²) in [6.45, 7) is 5.61. The van der Waals surface area contributed by atoms with E-state index in [0.29, 0.717) is 17.7 Å². The van der Waals surface area contributed by atoms with Gasteiger partial charge in [-0.25, -0.2) is 9.97 Å². The molecule has 1 aromatic heterocycles. The molecule has 1 rings (SSSR count). The SMILES string of the molecule is COCCN(C)c1ncnc(Cl)c1C(C)C. The first-order valence-electron chi connectivity index (χ1n) is 5.28. The summed E-state index contributed by atoms with van der Waals surface area (Å²) in [4.78, 5) is 10.3. The van der Waals surface area contributed by atoms with Crippen LogP contribution in [0.2, 0.25) is 5.15 Å². The molecule has 0 aliphatic rings. The molecular formula is C11H18ClN3O. The number of likely N-dealkylation sites (N-methyl/N-ethyl adjacent to an activating group) is 1. The fourth-order valence-corrected chi connectivity index (χ4v) is 1.85. The maximum absolute atomic E-state index is 6.09. The second-order valence-electron chi connectivity index (χ2n) is 3.97. The summed E-state index contributed by atoms with van der Waals surface area (Å²) in [5.41, 5.74) is 0.989. The number of anilines is 1. The standard InChI is InChI=1S/C11H18ClN3O/c1-8(2)9-10(12)13-7-14-11(9)15(3)5-6-16-4/h7-8H,5-6H2,1-4H3. The molecule has 16 heavy (non-hydrogen) atoms. The van der Waals surface area contributed by atoms with Gasteiger partial charge < -0.3 is 9.64 Å². The van der Waals surface area contributed by atoms with Crippen molar-refractivity contribution in [3.05, 3.63) is 17.0 Å². The highest BCUT2D eigenvalue weighted by Gasteiger charge is 2.16. The van der Waals surface area contributed by atoms with Crippen LogP contribution in [0.5, 0.6) is 0 Å². The van der Waals surface area contributed by atoms with E-state index in [9.17, 15) is 0 Å². The Morgan fingerprint density at radius 2 is 2.12 bits per heavy atom. The third kappa shape index (κ3) is 3.06. The summed E-state index contributed by atoms with van der Waals surface area (Å²) in [7, 11) is 3.66. The average molecular weight is 244 g/mol. The largest absolute Gasteiger partial charge is 0.383 e. The Hall–Kier alpha value is -0.870. The van der Waals surface area contributed by atoms with E-state index < -0.39 is 0 Å². The van der Waals surface area contributed by atoms with Crippen LogP contribution in [0, 0.1) is 0 Å². The van der Waals surface area contributed by atoms with Gasteiger partial charge in [0.1, 0.15) is 17.3 Å². The van der Waals surface area contributed by atoms with Crippen LogP contribution in [0.15, 0.2) is 6.33 Å². The number of aromatic nitrogens is 2. The number of hydrogen-bond donors (Lipinski definition) is 0.